The molecular weight excluding hydrogens is 388 g/mol. The van der Waals surface area contributed by atoms with E-state index >= 15 is 0 Å². The summed E-state index contributed by atoms with van der Waals surface area (Å²) in [6.07, 6.45) is 0.617. The number of rotatable bonds is 6. The molecule has 1 aliphatic heterocycles. The van der Waals surface area contributed by atoms with E-state index in [-0.39, 0.29) is 18.8 Å². The Balaban J connectivity index is 1.85. The smallest absolute Gasteiger partial charge is 0.325 e. The number of ether oxygens (including phenoxy) is 1. The summed E-state index contributed by atoms with van der Waals surface area (Å²) in [5.41, 5.74) is 6.58. The van der Waals surface area contributed by atoms with Gasteiger partial charge in [-0.1, -0.05) is 0 Å². The van der Waals surface area contributed by atoms with Gasteiger partial charge in [0.15, 0.2) is 11.5 Å². The Morgan fingerprint density at radius 2 is 2.04 bits per heavy atom. The van der Waals surface area contributed by atoms with Crippen LogP contribution >= 0.6 is 15.2 Å². The van der Waals surface area contributed by atoms with E-state index in [9.17, 15) is 18.9 Å². The second-order valence-electron chi connectivity index (χ2n) is 5.99. The fourth-order valence-corrected chi connectivity index (χ4v) is 3.82. The minimum Gasteiger partial charge on any atom is -0.382 e. The summed E-state index contributed by atoms with van der Waals surface area (Å²) < 4.78 is 40.5. The van der Waals surface area contributed by atoms with Crippen LogP contribution in [-0.4, -0.2) is 61.5 Å². The summed E-state index contributed by atoms with van der Waals surface area (Å²) >= 11 is 0. The summed E-state index contributed by atoms with van der Waals surface area (Å²) in [6.45, 7) is 1.81. The molecule has 3 rings (SSSR count). The largest absolute Gasteiger partial charge is 0.382 e. The molecule has 2 aromatic rings. The van der Waals surface area contributed by atoms with Crippen LogP contribution in [0.15, 0.2) is 12.7 Å². The first-order chi connectivity index (χ1) is 12.0. The quantitative estimate of drug-likeness (QED) is 0.576. The molecule has 1 saturated heterocycles. The van der Waals surface area contributed by atoms with Crippen molar-refractivity contribution in [2.24, 2.45) is 0 Å². The maximum Gasteiger partial charge on any atom is 0.325 e. The normalized spacial score (nSPS) is 28.1. The van der Waals surface area contributed by atoms with Crippen molar-refractivity contribution in [1.29, 1.82) is 0 Å². The number of aromatic nitrogens is 4. The highest BCUT2D eigenvalue weighted by Crippen LogP contribution is 2.45. The van der Waals surface area contributed by atoms with Gasteiger partial charge in [0.1, 0.15) is 24.2 Å². The average Bonchev–Trinajstić information content (AvgIpc) is 3.07. The summed E-state index contributed by atoms with van der Waals surface area (Å²) in [5.74, 6) is 0.208. The molecule has 0 amide bonds. The van der Waals surface area contributed by atoms with E-state index in [2.05, 4.69) is 15.0 Å². The minimum absolute atomic E-state index is 0.182. The number of imidazole rings is 1. The third-order valence-corrected chi connectivity index (χ3v) is 4.98. The fourth-order valence-electron chi connectivity index (χ4n) is 2.68. The van der Waals surface area contributed by atoms with Crippen molar-refractivity contribution in [3.05, 3.63) is 12.7 Å². The average molecular weight is 407 g/mol. The van der Waals surface area contributed by atoms with Crippen molar-refractivity contribution in [3.8, 4) is 0 Å². The van der Waals surface area contributed by atoms with Crippen molar-refractivity contribution in [2.75, 3.05) is 25.7 Å². The number of hydrogen-bond acceptors (Lipinski definition) is 9. The van der Waals surface area contributed by atoms with Crippen LogP contribution in [0.2, 0.25) is 0 Å². The Morgan fingerprint density at radius 3 is 2.69 bits per heavy atom. The predicted molar refractivity (Wildman–Crippen MR) is 90.6 cm³/mol. The van der Waals surface area contributed by atoms with Gasteiger partial charge in [-0.05, 0) is 0 Å². The Morgan fingerprint density at radius 1 is 1.31 bits per heavy atom. The lowest BCUT2D eigenvalue weighted by Gasteiger charge is -2.20. The van der Waals surface area contributed by atoms with Crippen LogP contribution in [-0.2, 0) is 22.9 Å². The van der Waals surface area contributed by atoms with E-state index in [1.807, 2.05) is 0 Å². The first kappa shape index (κ1) is 19.4. The summed E-state index contributed by atoms with van der Waals surface area (Å²) in [4.78, 5) is 31.0. The van der Waals surface area contributed by atoms with E-state index in [4.69, 9.17) is 19.5 Å². The molecule has 5 atom stereocenters. The molecule has 4 N–H and O–H groups in total. The highest BCUT2D eigenvalue weighted by molar-refractivity contribution is 7.52. The summed E-state index contributed by atoms with van der Waals surface area (Å²) in [5, 5.41) is 0. The fraction of sp³-hybridized carbons (Fsp3) is 0.583. The SMILES string of the molecule is CP(=O)(O)OCC1O[C@@H](n2cnc3c(N)ncnc32)C[C@@H]1OP(C)(=O)O. The van der Waals surface area contributed by atoms with Crippen LogP contribution in [0, 0.1) is 0 Å². The molecule has 144 valence electrons. The van der Waals surface area contributed by atoms with Crippen LogP contribution in [0.5, 0.6) is 0 Å². The van der Waals surface area contributed by atoms with Gasteiger partial charge in [0.25, 0.3) is 0 Å². The van der Waals surface area contributed by atoms with Gasteiger partial charge >= 0.3 is 15.2 Å². The first-order valence-corrected chi connectivity index (χ1v) is 11.6. The van der Waals surface area contributed by atoms with E-state index in [1.54, 1.807) is 4.57 Å². The number of fused-ring (bicyclic) bond motifs is 1. The number of nitrogens with zero attached hydrogens (tertiary/aromatic N) is 4. The Bertz CT molecular complexity index is 893. The van der Waals surface area contributed by atoms with Crippen LogP contribution in [0.3, 0.4) is 0 Å². The molecule has 1 aliphatic rings. The lowest BCUT2D eigenvalue weighted by molar-refractivity contribution is -0.0364. The predicted octanol–water partition coefficient (Wildman–Crippen LogP) is 0.728. The van der Waals surface area contributed by atoms with Gasteiger partial charge in [0, 0.05) is 19.8 Å². The number of hydrogen-bond donors (Lipinski definition) is 3. The Kier molecular flexibility index (Phi) is 5.19. The van der Waals surface area contributed by atoms with Crippen molar-refractivity contribution in [2.45, 2.75) is 24.9 Å². The van der Waals surface area contributed by atoms with Crippen LogP contribution < -0.4 is 5.73 Å². The van der Waals surface area contributed by atoms with Crippen LogP contribution in [0.1, 0.15) is 12.6 Å². The van der Waals surface area contributed by atoms with E-state index in [0.29, 0.717) is 11.2 Å². The highest BCUT2D eigenvalue weighted by atomic mass is 31.2. The second kappa shape index (κ2) is 6.97. The van der Waals surface area contributed by atoms with Gasteiger partial charge in [0.2, 0.25) is 0 Å². The number of anilines is 1. The third kappa shape index (κ3) is 4.47. The Hall–Kier alpha value is -1.39. The third-order valence-electron chi connectivity index (χ3n) is 3.69. The maximum atomic E-state index is 11.6. The van der Waals surface area contributed by atoms with E-state index in [1.165, 1.54) is 12.7 Å². The standard InChI is InChI=1S/C12H19N5O7P2/c1-25(18,19)22-4-8-7(24-26(2,20)21)3-9(23-8)17-6-16-10-11(13)14-5-15-12(10)17/h5-9H,3-4H2,1-2H3,(H,18,19)(H,20,21)(H2,13,14,15)/t7-,8?,9+/m0/s1. The molecule has 3 heterocycles. The summed E-state index contributed by atoms with van der Waals surface area (Å²) in [7, 11) is -7.56. The summed E-state index contributed by atoms with van der Waals surface area (Å²) in [6, 6.07) is 0. The molecule has 0 spiro atoms. The molecule has 3 unspecified atom stereocenters. The van der Waals surface area contributed by atoms with Crippen molar-refractivity contribution in [3.63, 3.8) is 0 Å². The van der Waals surface area contributed by atoms with Gasteiger partial charge < -0.3 is 29.3 Å². The van der Waals surface area contributed by atoms with Gasteiger partial charge in [-0.2, -0.15) is 0 Å². The first-order valence-electron chi connectivity index (χ1n) is 7.55. The second-order valence-corrected chi connectivity index (χ2v) is 9.67. The molecule has 0 saturated carbocycles. The lowest BCUT2D eigenvalue weighted by atomic mass is 10.2. The molecule has 2 aromatic heterocycles. The molecule has 0 aliphatic carbocycles. The number of nitrogen functional groups attached to an aromatic ring is 1. The molecule has 0 bridgehead atoms. The zero-order chi connectivity index (χ0) is 19.1. The van der Waals surface area contributed by atoms with Gasteiger partial charge in [-0.25, -0.2) is 15.0 Å². The Labute approximate surface area is 148 Å². The van der Waals surface area contributed by atoms with Gasteiger partial charge in [-0.3, -0.25) is 13.7 Å². The highest BCUT2D eigenvalue weighted by Gasteiger charge is 2.41. The molecule has 14 heteroatoms. The minimum atomic E-state index is -3.81. The molecule has 0 radical (unpaired) electrons. The number of nitrogens with two attached hydrogens (primary N) is 1. The van der Waals surface area contributed by atoms with Crippen molar-refractivity contribution in [1.82, 2.24) is 19.5 Å². The molecular formula is C12H19N5O7P2. The van der Waals surface area contributed by atoms with Gasteiger partial charge in [-0.15, -0.1) is 0 Å². The van der Waals surface area contributed by atoms with Gasteiger partial charge in [0.05, 0.1) is 19.0 Å². The lowest BCUT2D eigenvalue weighted by Crippen LogP contribution is -2.28. The topological polar surface area (TPSA) is 172 Å². The maximum absolute atomic E-state index is 11.6. The van der Waals surface area contributed by atoms with Crippen molar-refractivity contribution < 1.29 is 32.7 Å². The monoisotopic (exact) mass is 407 g/mol. The molecule has 1 fully saturated rings. The van der Waals surface area contributed by atoms with E-state index in [0.717, 1.165) is 13.3 Å². The van der Waals surface area contributed by atoms with Crippen LogP contribution in [0.4, 0.5) is 5.82 Å². The molecule has 12 nitrogen and oxygen atoms in total. The van der Waals surface area contributed by atoms with Crippen LogP contribution in [0.25, 0.3) is 11.2 Å². The van der Waals surface area contributed by atoms with E-state index < -0.39 is 33.6 Å². The van der Waals surface area contributed by atoms with Crippen molar-refractivity contribution >= 4 is 32.2 Å². The molecule has 0 aromatic carbocycles. The molecule has 26 heavy (non-hydrogen) atoms. The zero-order valence-corrected chi connectivity index (χ0v) is 15.8. The zero-order valence-electron chi connectivity index (χ0n) is 14.0.